The van der Waals surface area contributed by atoms with Crippen molar-refractivity contribution in [1.29, 1.82) is 0 Å². The molecule has 7 heteroatoms. The molecule has 3 rings (SSSR count). The SMILES string of the molecule is COc1cc(C)ccc1OCC(=O)OCN1C(=O)c2ccccc2C1=O. The Balaban J connectivity index is 1.56. The zero-order chi connectivity index (χ0) is 18.7. The highest BCUT2D eigenvalue weighted by Crippen LogP contribution is 2.27. The molecular formula is C19H17NO6. The summed E-state index contributed by atoms with van der Waals surface area (Å²) >= 11 is 0. The molecule has 0 spiro atoms. The highest BCUT2D eigenvalue weighted by atomic mass is 16.6. The Kier molecular flexibility index (Phi) is 4.88. The van der Waals surface area contributed by atoms with Gasteiger partial charge in [-0.25, -0.2) is 9.69 Å². The van der Waals surface area contributed by atoms with Crippen LogP contribution in [0.15, 0.2) is 42.5 Å². The average molecular weight is 355 g/mol. The molecule has 1 heterocycles. The van der Waals surface area contributed by atoms with Crippen LogP contribution in [0.2, 0.25) is 0 Å². The summed E-state index contributed by atoms with van der Waals surface area (Å²) in [4.78, 5) is 37.1. The summed E-state index contributed by atoms with van der Waals surface area (Å²) in [6, 6.07) is 11.7. The number of imide groups is 1. The number of fused-ring (bicyclic) bond motifs is 1. The van der Waals surface area contributed by atoms with E-state index in [9.17, 15) is 14.4 Å². The summed E-state index contributed by atoms with van der Waals surface area (Å²) in [5.41, 5.74) is 1.59. The third-order valence-electron chi connectivity index (χ3n) is 3.90. The Morgan fingerprint density at radius 3 is 2.27 bits per heavy atom. The Labute approximate surface area is 150 Å². The van der Waals surface area contributed by atoms with Crippen molar-refractivity contribution in [1.82, 2.24) is 4.90 Å². The van der Waals surface area contributed by atoms with Gasteiger partial charge >= 0.3 is 5.97 Å². The van der Waals surface area contributed by atoms with Crippen LogP contribution in [0.25, 0.3) is 0 Å². The quantitative estimate of drug-likeness (QED) is 0.583. The van der Waals surface area contributed by atoms with Gasteiger partial charge in [-0.15, -0.1) is 0 Å². The number of methoxy groups -OCH3 is 1. The second kappa shape index (κ2) is 7.26. The van der Waals surface area contributed by atoms with Gasteiger partial charge in [0, 0.05) is 0 Å². The van der Waals surface area contributed by atoms with Crippen LogP contribution < -0.4 is 9.47 Å². The molecule has 1 aliphatic rings. The van der Waals surface area contributed by atoms with Crippen LogP contribution in [-0.4, -0.2) is 43.1 Å². The molecule has 0 saturated carbocycles. The summed E-state index contributed by atoms with van der Waals surface area (Å²) in [6.07, 6.45) is 0. The van der Waals surface area contributed by atoms with Crippen molar-refractivity contribution in [3.8, 4) is 11.5 Å². The van der Waals surface area contributed by atoms with E-state index in [2.05, 4.69) is 0 Å². The summed E-state index contributed by atoms with van der Waals surface area (Å²) in [6.45, 7) is 1.07. The topological polar surface area (TPSA) is 82.1 Å². The van der Waals surface area contributed by atoms with Gasteiger partial charge in [-0.3, -0.25) is 9.59 Å². The molecule has 134 valence electrons. The molecule has 2 aromatic carbocycles. The first-order chi connectivity index (χ1) is 12.5. The van der Waals surface area contributed by atoms with E-state index in [1.807, 2.05) is 13.0 Å². The van der Waals surface area contributed by atoms with E-state index < -0.39 is 24.5 Å². The van der Waals surface area contributed by atoms with Gasteiger partial charge in [-0.05, 0) is 36.8 Å². The Morgan fingerprint density at radius 2 is 1.65 bits per heavy atom. The Hall–Kier alpha value is -3.35. The van der Waals surface area contributed by atoms with Crippen molar-refractivity contribution in [3.63, 3.8) is 0 Å². The van der Waals surface area contributed by atoms with Crippen molar-refractivity contribution in [2.75, 3.05) is 20.4 Å². The van der Waals surface area contributed by atoms with Gasteiger partial charge < -0.3 is 14.2 Å². The number of amides is 2. The lowest BCUT2D eigenvalue weighted by molar-refractivity contribution is -0.148. The summed E-state index contributed by atoms with van der Waals surface area (Å²) < 4.78 is 15.6. The molecule has 2 amide bonds. The monoisotopic (exact) mass is 355 g/mol. The van der Waals surface area contributed by atoms with Gasteiger partial charge in [0.25, 0.3) is 11.8 Å². The van der Waals surface area contributed by atoms with E-state index in [0.29, 0.717) is 22.6 Å². The Bertz CT molecular complexity index is 841. The second-order valence-electron chi connectivity index (χ2n) is 5.67. The normalized spacial score (nSPS) is 12.8. The van der Waals surface area contributed by atoms with Crippen LogP contribution in [0.1, 0.15) is 26.3 Å². The van der Waals surface area contributed by atoms with Crippen LogP contribution in [0, 0.1) is 6.92 Å². The minimum atomic E-state index is -0.704. The molecule has 0 unspecified atom stereocenters. The van der Waals surface area contributed by atoms with E-state index in [1.165, 1.54) is 7.11 Å². The lowest BCUT2D eigenvalue weighted by Crippen LogP contribution is -2.34. The van der Waals surface area contributed by atoms with E-state index >= 15 is 0 Å². The molecule has 26 heavy (non-hydrogen) atoms. The summed E-state index contributed by atoms with van der Waals surface area (Å²) in [5, 5.41) is 0. The molecule has 0 fully saturated rings. The van der Waals surface area contributed by atoms with Crippen LogP contribution in [0.4, 0.5) is 0 Å². The standard InChI is InChI=1S/C19H17NO6/c1-12-7-8-15(16(9-12)24-2)25-10-17(21)26-11-20-18(22)13-5-3-4-6-14(13)19(20)23/h3-9H,10-11H2,1-2H3. The van der Waals surface area contributed by atoms with Crippen LogP contribution in [0.5, 0.6) is 11.5 Å². The first-order valence-electron chi connectivity index (χ1n) is 7.89. The average Bonchev–Trinajstić information content (AvgIpc) is 2.89. The summed E-state index contributed by atoms with van der Waals surface area (Å²) in [5.74, 6) is -0.780. The number of ether oxygens (including phenoxy) is 3. The van der Waals surface area contributed by atoms with Gasteiger partial charge in [-0.1, -0.05) is 18.2 Å². The van der Waals surface area contributed by atoms with Gasteiger partial charge in [0.15, 0.2) is 24.8 Å². The minimum Gasteiger partial charge on any atom is -0.493 e. The fourth-order valence-corrected chi connectivity index (χ4v) is 2.57. The number of benzene rings is 2. The van der Waals surface area contributed by atoms with Crippen LogP contribution in [0.3, 0.4) is 0 Å². The van der Waals surface area contributed by atoms with Crippen molar-refractivity contribution in [3.05, 3.63) is 59.2 Å². The number of rotatable bonds is 6. The predicted molar refractivity (Wildman–Crippen MR) is 91.1 cm³/mol. The number of aryl methyl sites for hydroxylation is 1. The molecule has 0 N–H and O–H groups in total. The highest BCUT2D eigenvalue weighted by molar-refractivity contribution is 6.21. The minimum absolute atomic E-state index is 0.300. The highest BCUT2D eigenvalue weighted by Gasteiger charge is 2.35. The second-order valence-corrected chi connectivity index (χ2v) is 5.67. The third-order valence-corrected chi connectivity index (χ3v) is 3.90. The molecule has 2 aromatic rings. The van der Waals surface area contributed by atoms with Crippen LogP contribution in [-0.2, 0) is 9.53 Å². The van der Waals surface area contributed by atoms with Crippen molar-refractivity contribution in [2.45, 2.75) is 6.92 Å². The van der Waals surface area contributed by atoms with Gasteiger partial charge in [0.1, 0.15) is 0 Å². The third kappa shape index (κ3) is 3.37. The summed E-state index contributed by atoms with van der Waals surface area (Å²) in [7, 11) is 1.50. The lowest BCUT2D eigenvalue weighted by Gasteiger charge is -2.15. The van der Waals surface area contributed by atoms with Crippen molar-refractivity contribution >= 4 is 17.8 Å². The van der Waals surface area contributed by atoms with E-state index in [-0.39, 0.29) is 6.61 Å². The smallest absolute Gasteiger partial charge is 0.345 e. The molecule has 7 nitrogen and oxygen atoms in total. The Morgan fingerprint density at radius 1 is 1.00 bits per heavy atom. The van der Waals surface area contributed by atoms with E-state index in [1.54, 1.807) is 36.4 Å². The molecular weight excluding hydrogens is 338 g/mol. The van der Waals surface area contributed by atoms with Gasteiger partial charge in [-0.2, -0.15) is 0 Å². The maximum Gasteiger partial charge on any atom is 0.345 e. The predicted octanol–water partition coefficient (Wildman–Crippen LogP) is 2.18. The number of carbonyl (C=O) groups is 3. The zero-order valence-electron chi connectivity index (χ0n) is 14.4. The fraction of sp³-hybridized carbons (Fsp3) is 0.211. The van der Waals surface area contributed by atoms with Gasteiger partial charge in [0.2, 0.25) is 0 Å². The van der Waals surface area contributed by atoms with Crippen molar-refractivity contribution in [2.24, 2.45) is 0 Å². The first-order valence-corrected chi connectivity index (χ1v) is 7.89. The number of esters is 1. The molecule has 0 bridgehead atoms. The maximum atomic E-state index is 12.2. The number of carbonyl (C=O) groups excluding carboxylic acids is 3. The van der Waals surface area contributed by atoms with E-state index in [4.69, 9.17) is 14.2 Å². The molecule has 1 aliphatic heterocycles. The number of hydrogen-bond acceptors (Lipinski definition) is 6. The largest absolute Gasteiger partial charge is 0.493 e. The van der Waals surface area contributed by atoms with Gasteiger partial charge in [0.05, 0.1) is 18.2 Å². The zero-order valence-corrected chi connectivity index (χ0v) is 14.4. The molecule has 0 atom stereocenters. The molecule has 0 radical (unpaired) electrons. The molecule has 0 saturated heterocycles. The maximum absolute atomic E-state index is 12.2. The van der Waals surface area contributed by atoms with Crippen molar-refractivity contribution < 1.29 is 28.6 Å². The molecule has 0 aliphatic carbocycles. The lowest BCUT2D eigenvalue weighted by atomic mass is 10.1. The fourth-order valence-electron chi connectivity index (χ4n) is 2.57. The first kappa shape index (κ1) is 17.5. The van der Waals surface area contributed by atoms with E-state index in [0.717, 1.165) is 10.5 Å². The van der Waals surface area contributed by atoms with Crippen LogP contribution >= 0.6 is 0 Å². The molecule has 0 aromatic heterocycles. The number of nitrogens with zero attached hydrogens (tertiary/aromatic N) is 1. The number of hydrogen-bond donors (Lipinski definition) is 0.